The standard InChI is InChI=1S/C20H34O3/c1-18(2)8-4-9-19(3)15-7-10-20(13-22,17(23)12-21)11-14(15)5-6-16(18)19/h16-17,21-23H,4-13H2,1-3H3/t16?,17-,19+,20?/m0/s1. The van der Waals surface area contributed by atoms with E-state index in [1.54, 1.807) is 5.57 Å². The lowest BCUT2D eigenvalue weighted by atomic mass is 9.47. The number of aliphatic hydroxyl groups is 3. The minimum atomic E-state index is -0.810. The maximum atomic E-state index is 10.3. The van der Waals surface area contributed by atoms with Crippen molar-refractivity contribution in [1.29, 1.82) is 0 Å². The molecule has 2 unspecified atom stereocenters. The van der Waals surface area contributed by atoms with Gasteiger partial charge in [-0.05, 0) is 61.7 Å². The SMILES string of the molecule is CC1(C)CCC[C@]2(C)C3=C(CCC12)CC(CO)([C@@H](O)CO)CC3. The first-order valence-corrected chi connectivity index (χ1v) is 9.40. The van der Waals surface area contributed by atoms with Gasteiger partial charge in [0.25, 0.3) is 0 Å². The van der Waals surface area contributed by atoms with Crippen molar-refractivity contribution in [2.45, 2.75) is 78.2 Å². The molecule has 3 heteroatoms. The molecule has 0 bridgehead atoms. The molecule has 0 amide bonds. The van der Waals surface area contributed by atoms with Crippen LogP contribution in [0.1, 0.15) is 72.1 Å². The summed E-state index contributed by atoms with van der Waals surface area (Å²) in [6.07, 6.45) is 8.01. The Kier molecular flexibility index (Phi) is 4.44. The minimum Gasteiger partial charge on any atom is -0.396 e. The van der Waals surface area contributed by atoms with E-state index in [4.69, 9.17) is 0 Å². The lowest BCUT2D eigenvalue weighted by Gasteiger charge is -2.57. The molecule has 0 spiro atoms. The van der Waals surface area contributed by atoms with Crippen molar-refractivity contribution in [2.75, 3.05) is 13.2 Å². The summed E-state index contributed by atoms with van der Waals surface area (Å²) >= 11 is 0. The van der Waals surface area contributed by atoms with Gasteiger partial charge >= 0.3 is 0 Å². The van der Waals surface area contributed by atoms with Crippen LogP contribution in [0.3, 0.4) is 0 Å². The molecular weight excluding hydrogens is 288 g/mol. The number of fused-ring (bicyclic) bond motifs is 2. The van der Waals surface area contributed by atoms with E-state index in [0.29, 0.717) is 10.8 Å². The van der Waals surface area contributed by atoms with E-state index in [2.05, 4.69) is 20.8 Å². The van der Waals surface area contributed by atoms with E-state index < -0.39 is 11.5 Å². The summed E-state index contributed by atoms with van der Waals surface area (Å²) in [6, 6.07) is 0. The highest BCUT2D eigenvalue weighted by atomic mass is 16.3. The third-order valence-corrected chi connectivity index (χ3v) is 7.71. The Morgan fingerprint density at radius 1 is 1.09 bits per heavy atom. The molecule has 0 saturated heterocycles. The Balaban J connectivity index is 1.94. The summed E-state index contributed by atoms with van der Waals surface area (Å²) in [6.45, 7) is 7.07. The predicted molar refractivity (Wildman–Crippen MR) is 92.0 cm³/mol. The number of rotatable bonds is 3. The lowest BCUT2D eigenvalue weighted by molar-refractivity contribution is -0.0630. The molecule has 4 atom stereocenters. The Hall–Kier alpha value is -0.380. The van der Waals surface area contributed by atoms with E-state index in [0.717, 1.165) is 31.6 Å². The van der Waals surface area contributed by atoms with Crippen LogP contribution in [0.15, 0.2) is 11.1 Å². The highest BCUT2D eigenvalue weighted by Gasteiger charge is 2.53. The van der Waals surface area contributed by atoms with Crippen LogP contribution in [0.4, 0.5) is 0 Å². The fourth-order valence-electron chi connectivity index (χ4n) is 6.33. The Bertz CT molecular complexity index is 495. The average Bonchev–Trinajstić information content (AvgIpc) is 2.52. The lowest BCUT2D eigenvalue weighted by Crippen LogP contribution is -2.49. The van der Waals surface area contributed by atoms with Crippen molar-refractivity contribution in [1.82, 2.24) is 0 Å². The van der Waals surface area contributed by atoms with Crippen LogP contribution >= 0.6 is 0 Å². The molecule has 0 aromatic carbocycles. The summed E-state index contributed by atoms with van der Waals surface area (Å²) < 4.78 is 0. The maximum absolute atomic E-state index is 10.3. The summed E-state index contributed by atoms with van der Waals surface area (Å²) in [5.74, 6) is 0.756. The fourth-order valence-corrected chi connectivity index (χ4v) is 6.33. The first-order chi connectivity index (χ1) is 10.8. The quantitative estimate of drug-likeness (QED) is 0.698. The van der Waals surface area contributed by atoms with E-state index >= 15 is 0 Å². The van der Waals surface area contributed by atoms with E-state index in [9.17, 15) is 15.3 Å². The van der Waals surface area contributed by atoms with Gasteiger partial charge in [-0.15, -0.1) is 0 Å². The van der Waals surface area contributed by atoms with E-state index in [-0.39, 0.29) is 13.2 Å². The molecule has 1 saturated carbocycles. The van der Waals surface area contributed by atoms with E-state index in [1.165, 1.54) is 31.3 Å². The molecule has 132 valence electrons. The van der Waals surface area contributed by atoms with Crippen molar-refractivity contribution >= 4 is 0 Å². The molecule has 0 aliphatic heterocycles. The smallest absolute Gasteiger partial charge is 0.0852 e. The molecule has 23 heavy (non-hydrogen) atoms. The second-order valence-corrected chi connectivity index (χ2v) is 9.33. The first-order valence-electron chi connectivity index (χ1n) is 9.40. The van der Waals surface area contributed by atoms with Crippen LogP contribution in [0.5, 0.6) is 0 Å². The van der Waals surface area contributed by atoms with Gasteiger partial charge in [-0.25, -0.2) is 0 Å². The molecule has 3 nitrogen and oxygen atoms in total. The van der Waals surface area contributed by atoms with Crippen molar-refractivity contribution in [3.05, 3.63) is 11.1 Å². The average molecular weight is 322 g/mol. The van der Waals surface area contributed by atoms with E-state index in [1.807, 2.05) is 0 Å². The number of hydrogen-bond donors (Lipinski definition) is 3. The van der Waals surface area contributed by atoms with Crippen LogP contribution < -0.4 is 0 Å². The molecular formula is C20H34O3. The molecule has 3 rings (SSSR count). The third kappa shape index (κ3) is 2.60. The van der Waals surface area contributed by atoms with Crippen molar-refractivity contribution in [3.63, 3.8) is 0 Å². The summed E-state index contributed by atoms with van der Waals surface area (Å²) in [7, 11) is 0. The van der Waals surface area contributed by atoms with Crippen LogP contribution in [-0.2, 0) is 0 Å². The van der Waals surface area contributed by atoms with Crippen LogP contribution in [0.25, 0.3) is 0 Å². The molecule has 0 aromatic heterocycles. The molecule has 0 aromatic rings. The Labute approximate surface area is 140 Å². The van der Waals surface area contributed by atoms with Crippen LogP contribution in [0.2, 0.25) is 0 Å². The minimum absolute atomic E-state index is 0.0306. The first kappa shape index (κ1) is 17.4. The fraction of sp³-hybridized carbons (Fsp3) is 0.900. The van der Waals surface area contributed by atoms with Gasteiger partial charge < -0.3 is 15.3 Å². The maximum Gasteiger partial charge on any atom is 0.0852 e. The van der Waals surface area contributed by atoms with Gasteiger partial charge in [-0.2, -0.15) is 0 Å². The van der Waals surface area contributed by atoms with Gasteiger partial charge in [0.15, 0.2) is 0 Å². The third-order valence-electron chi connectivity index (χ3n) is 7.71. The largest absolute Gasteiger partial charge is 0.396 e. The molecule has 3 N–H and O–H groups in total. The summed E-state index contributed by atoms with van der Waals surface area (Å²) in [5, 5.41) is 29.6. The normalized spacial score (nSPS) is 41.2. The molecule has 3 aliphatic carbocycles. The Morgan fingerprint density at radius 3 is 2.48 bits per heavy atom. The summed E-state index contributed by atoms with van der Waals surface area (Å²) in [5.41, 5.74) is 3.31. The van der Waals surface area contributed by atoms with Gasteiger partial charge in [-0.1, -0.05) is 38.3 Å². The molecule has 3 aliphatic rings. The predicted octanol–water partition coefficient (Wildman–Crippen LogP) is 3.43. The van der Waals surface area contributed by atoms with Crippen LogP contribution in [-0.4, -0.2) is 34.6 Å². The van der Waals surface area contributed by atoms with Crippen molar-refractivity contribution < 1.29 is 15.3 Å². The highest BCUT2D eigenvalue weighted by molar-refractivity contribution is 5.32. The second kappa shape index (κ2) is 5.86. The van der Waals surface area contributed by atoms with Gasteiger partial charge in [0.2, 0.25) is 0 Å². The summed E-state index contributed by atoms with van der Waals surface area (Å²) in [4.78, 5) is 0. The van der Waals surface area contributed by atoms with Crippen molar-refractivity contribution in [3.8, 4) is 0 Å². The highest BCUT2D eigenvalue weighted by Crippen LogP contribution is 2.63. The van der Waals surface area contributed by atoms with Crippen molar-refractivity contribution in [2.24, 2.45) is 22.2 Å². The topological polar surface area (TPSA) is 60.7 Å². The monoisotopic (exact) mass is 322 g/mol. The number of aliphatic hydroxyl groups excluding tert-OH is 3. The number of hydrogen-bond acceptors (Lipinski definition) is 3. The zero-order valence-electron chi connectivity index (χ0n) is 15.1. The van der Waals surface area contributed by atoms with Crippen LogP contribution in [0, 0.1) is 22.2 Å². The molecule has 0 heterocycles. The second-order valence-electron chi connectivity index (χ2n) is 9.33. The van der Waals surface area contributed by atoms with Gasteiger partial charge in [0, 0.05) is 5.41 Å². The zero-order valence-corrected chi connectivity index (χ0v) is 15.1. The van der Waals surface area contributed by atoms with Gasteiger partial charge in [0.05, 0.1) is 19.3 Å². The number of allylic oxidation sites excluding steroid dienone is 2. The van der Waals surface area contributed by atoms with Gasteiger partial charge in [0.1, 0.15) is 0 Å². The van der Waals surface area contributed by atoms with Gasteiger partial charge in [-0.3, -0.25) is 0 Å². The molecule has 0 radical (unpaired) electrons. The molecule has 1 fully saturated rings. The zero-order chi connectivity index (χ0) is 16.9. The Morgan fingerprint density at radius 2 is 1.83 bits per heavy atom.